The molecular weight excluding hydrogens is 160 g/mol. The Bertz CT molecular complexity index is 104. The lowest BCUT2D eigenvalue weighted by Crippen LogP contribution is -2.05. The van der Waals surface area contributed by atoms with Crippen LogP contribution in [0.1, 0.15) is 32.6 Å². The summed E-state index contributed by atoms with van der Waals surface area (Å²) in [6, 6.07) is 0. The third-order valence-electron chi connectivity index (χ3n) is 1.29. The molecule has 0 spiro atoms. The topological polar surface area (TPSA) is 26.3 Å². The van der Waals surface area contributed by atoms with Gasteiger partial charge in [-0.15, -0.1) is 0 Å². The van der Waals surface area contributed by atoms with E-state index in [2.05, 4.69) is 6.92 Å². The van der Waals surface area contributed by atoms with Crippen molar-refractivity contribution in [3.63, 3.8) is 0 Å². The highest BCUT2D eigenvalue weighted by atomic mass is 32.1. The van der Waals surface area contributed by atoms with E-state index in [4.69, 9.17) is 17.4 Å². The summed E-state index contributed by atoms with van der Waals surface area (Å²) in [5, 5.41) is 0. The molecule has 2 nitrogen and oxygen atoms in total. The highest BCUT2D eigenvalue weighted by molar-refractivity contribution is 7.80. The van der Waals surface area contributed by atoms with Gasteiger partial charge >= 0.3 is 5.97 Å². The van der Waals surface area contributed by atoms with Crippen LogP contribution in [0.5, 0.6) is 0 Å². The van der Waals surface area contributed by atoms with Crippen LogP contribution in [-0.4, -0.2) is 18.3 Å². The molecule has 0 unspecified atom stereocenters. The second-order valence-electron chi connectivity index (χ2n) is 2.38. The van der Waals surface area contributed by atoms with Crippen molar-refractivity contribution in [1.29, 1.82) is 0 Å². The molecule has 0 N–H and O–H groups in total. The van der Waals surface area contributed by atoms with Crippen molar-refractivity contribution in [2.45, 2.75) is 32.6 Å². The molecule has 0 saturated heterocycles. The van der Waals surface area contributed by atoms with Crippen molar-refractivity contribution in [2.75, 3.05) is 12.4 Å². The zero-order valence-electron chi connectivity index (χ0n) is 6.97. The largest absolute Gasteiger partial charge is 0.466 e. The van der Waals surface area contributed by atoms with E-state index in [0.29, 0.717) is 18.8 Å². The maximum absolute atomic E-state index is 10.8. The molecule has 0 aromatic carbocycles. The second kappa shape index (κ2) is 7.92. The summed E-state index contributed by atoms with van der Waals surface area (Å²) in [6.45, 7) is 2.63. The predicted molar refractivity (Wildman–Crippen MR) is 47.6 cm³/mol. The van der Waals surface area contributed by atoms with Crippen LogP contribution in [-0.2, 0) is 9.53 Å². The quantitative estimate of drug-likeness (QED) is 0.457. The molecule has 11 heavy (non-hydrogen) atoms. The maximum atomic E-state index is 10.8. The Balaban J connectivity index is 3.09. The van der Waals surface area contributed by atoms with Gasteiger partial charge in [0.1, 0.15) is 0 Å². The van der Waals surface area contributed by atoms with E-state index in [1.54, 1.807) is 0 Å². The molecule has 0 aliphatic rings. The fraction of sp³-hybridized carbons (Fsp3) is 0.875. The van der Waals surface area contributed by atoms with Crippen molar-refractivity contribution >= 4 is 18.6 Å². The average molecular weight is 175 g/mol. The second-order valence-corrected chi connectivity index (χ2v) is 2.79. The fourth-order valence-corrected chi connectivity index (χ4v) is 0.763. The monoisotopic (exact) mass is 175 g/mol. The summed E-state index contributed by atoms with van der Waals surface area (Å²) < 4.78 is 4.90. The van der Waals surface area contributed by atoms with Gasteiger partial charge in [-0.05, 0) is 12.8 Å². The number of rotatable bonds is 6. The minimum atomic E-state index is -0.108. The third-order valence-corrected chi connectivity index (χ3v) is 1.57. The van der Waals surface area contributed by atoms with Gasteiger partial charge in [0.25, 0.3) is 0 Å². The first kappa shape index (κ1) is 10.8. The molecule has 0 aromatic heterocycles. The van der Waals surface area contributed by atoms with E-state index < -0.39 is 0 Å². The molecule has 1 radical (unpaired) electrons. The van der Waals surface area contributed by atoms with Gasteiger partial charge in [-0.2, -0.15) is 0 Å². The molecule has 0 heterocycles. The van der Waals surface area contributed by atoms with Gasteiger partial charge in [0.05, 0.1) is 6.61 Å². The Hall–Kier alpha value is -0.180. The highest BCUT2D eigenvalue weighted by Gasteiger charge is 1.99. The number of carbonyl (C=O) groups is 1. The zero-order valence-corrected chi connectivity index (χ0v) is 7.78. The Morgan fingerprint density at radius 3 is 2.73 bits per heavy atom. The van der Waals surface area contributed by atoms with E-state index in [0.717, 1.165) is 19.3 Å². The van der Waals surface area contributed by atoms with Crippen LogP contribution < -0.4 is 0 Å². The predicted octanol–water partition coefficient (Wildman–Crippen LogP) is 2.31. The summed E-state index contributed by atoms with van der Waals surface area (Å²) in [5.41, 5.74) is 0. The molecule has 0 aromatic rings. The van der Waals surface area contributed by atoms with Crippen LogP contribution >= 0.6 is 12.6 Å². The molecule has 0 bridgehead atoms. The average Bonchev–Trinajstić information content (AvgIpc) is 2.01. The smallest absolute Gasteiger partial charge is 0.305 e. The lowest BCUT2D eigenvalue weighted by atomic mass is 10.3. The van der Waals surface area contributed by atoms with Gasteiger partial charge in [0.15, 0.2) is 0 Å². The minimum Gasteiger partial charge on any atom is -0.466 e. The van der Waals surface area contributed by atoms with Gasteiger partial charge in [-0.3, -0.25) is 4.79 Å². The fourth-order valence-electron chi connectivity index (χ4n) is 0.619. The first-order valence-corrected chi connectivity index (χ1v) is 4.62. The number of carbonyl (C=O) groups excluding carboxylic acids is 1. The Labute approximate surface area is 73.7 Å². The summed E-state index contributed by atoms with van der Waals surface area (Å²) in [6.07, 6.45) is 3.27. The zero-order chi connectivity index (χ0) is 8.53. The standard InChI is InChI=1S/C8H15O2S/c1-2-3-6-10-8(9)5-4-7-11/h2-7H2,1H3. The first-order chi connectivity index (χ1) is 5.31. The van der Waals surface area contributed by atoms with Crippen molar-refractivity contribution in [3.05, 3.63) is 0 Å². The normalized spacial score (nSPS) is 9.64. The Morgan fingerprint density at radius 1 is 1.45 bits per heavy atom. The number of esters is 1. The van der Waals surface area contributed by atoms with Crippen LogP contribution in [0.15, 0.2) is 0 Å². The third kappa shape index (κ3) is 7.72. The van der Waals surface area contributed by atoms with Crippen molar-refractivity contribution in [1.82, 2.24) is 0 Å². The van der Waals surface area contributed by atoms with E-state index >= 15 is 0 Å². The van der Waals surface area contributed by atoms with Crippen LogP contribution in [0.3, 0.4) is 0 Å². The lowest BCUT2D eigenvalue weighted by molar-refractivity contribution is -0.143. The number of unbranched alkanes of at least 4 members (excludes halogenated alkanes) is 1. The number of hydrogen-bond donors (Lipinski definition) is 0. The van der Waals surface area contributed by atoms with Crippen LogP contribution in [0, 0.1) is 0 Å². The van der Waals surface area contributed by atoms with E-state index in [1.807, 2.05) is 0 Å². The van der Waals surface area contributed by atoms with E-state index in [1.165, 1.54) is 0 Å². The van der Waals surface area contributed by atoms with Crippen molar-refractivity contribution < 1.29 is 9.53 Å². The van der Waals surface area contributed by atoms with E-state index in [-0.39, 0.29) is 5.97 Å². The first-order valence-electron chi connectivity index (χ1n) is 4.05. The van der Waals surface area contributed by atoms with Crippen LogP contribution in [0.4, 0.5) is 0 Å². The van der Waals surface area contributed by atoms with Gasteiger partial charge in [0.2, 0.25) is 0 Å². The molecule has 0 atom stereocenters. The number of hydrogen-bond acceptors (Lipinski definition) is 2. The van der Waals surface area contributed by atoms with Gasteiger partial charge in [-0.25, -0.2) is 0 Å². The van der Waals surface area contributed by atoms with Crippen LogP contribution in [0.2, 0.25) is 0 Å². The molecule has 0 rings (SSSR count). The molecule has 0 aliphatic heterocycles. The SMILES string of the molecule is CCCCOC(=O)CCC[S]. The van der Waals surface area contributed by atoms with Gasteiger partial charge in [-0.1, -0.05) is 26.0 Å². The summed E-state index contributed by atoms with van der Waals surface area (Å²) in [7, 11) is 0. The lowest BCUT2D eigenvalue weighted by Gasteiger charge is -2.01. The Morgan fingerprint density at radius 2 is 2.18 bits per heavy atom. The molecule has 0 amide bonds. The number of ether oxygens (including phenoxy) is 1. The summed E-state index contributed by atoms with van der Waals surface area (Å²) in [5.74, 6) is 0.534. The molecular formula is C8H15O2S. The van der Waals surface area contributed by atoms with Gasteiger partial charge in [0, 0.05) is 12.2 Å². The molecule has 0 fully saturated rings. The molecule has 0 aliphatic carbocycles. The van der Waals surface area contributed by atoms with Crippen LogP contribution in [0.25, 0.3) is 0 Å². The minimum absolute atomic E-state index is 0.108. The van der Waals surface area contributed by atoms with Crippen molar-refractivity contribution in [3.8, 4) is 0 Å². The van der Waals surface area contributed by atoms with E-state index in [9.17, 15) is 4.79 Å². The molecule has 0 saturated carbocycles. The highest BCUT2D eigenvalue weighted by Crippen LogP contribution is 1.96. The van der Waals surface area contributed by atoms with Crippen molar-refractivity contribution in [2.24, 2.45) is 0 Å². The summed E-state index contributed by atoms with van der Waals surface area (Å²) >= 11 is 4.70. The molecule has 65 valence electrons. The van der Waals surface area contributed by atoms with Gasteiger partial charge < -0.3 is 4.74 Å². The summed E-state index contributed by atoms with van der Waals surface area (Å²) in [4.78, 5) is 10.8. The molecule has 3 heteroatoms. The maximum Gasteiger partial charge on any atom is 0.305 e. The Kier molecular flexibility index (Phi) is 7.79.